The van der Waals surface area contributed by atoms with Gasteiger partial charge < -0.3 is 5.11 Å². The molecule has 9 heteroatoms. The molecule has 1 aliphatic rings. The number of hydrogen-bond donors (Lipinski definition) is 1. The van der Waals surface area contributed by atoms with Crippen LogP contribution in [0.3, 0.4) is 0 Å². The second-order valence-corrected chi connectivity index (χ2v) is 6.73. The predicted octanol–water partition coefficient (Wildman–Crippen LogP) is 3.45. The van der Waals surface area contributed by atoms with E-state index in [9.17, 15) is 20.0 Å². The summed E-state index contributed by atoms with van der Waals surface area (Å²) in [6.45, 7) is 3.84. The number of hydrogen-bond acceptors (Lipinski definition) is 6. The SMILES string of the molecule is C=CCN1C(=O)C(=Cc2cc([N+](=O)[O-])cc(Br)c2O)SC1=S. The number of aromatic hydroxyl groups is 1. The van der Waals surface area contributed by atoms with Crippen LogP contribution >= 0.6 is 39.9 Å². The van der Waals surface area contributed by atoms with Crippen LogP contribution in [0.4, 0.5) is 5.69 Å². The molecule has 1 heterocycles. The Balaban J connectivity index is 2.46. The predicted molar refractivity (Wildman–Crippen MR) is 92.5 cm³/mol. The molecule has 114 valence electrons. The number of amides is 1. The molecule has 0 unspecified atom stereocenters. The molecule has 0 aliphatic carbocycles. The van der Waals surface area contributed by atoms with Gasteiger partial charge in [0.2, 0.25) is 0 Å². The minimum atomic E-state index is -0.579. The fourth-order valence-corrected chi connectivity index (χ4v) is 3.48. The van der Waals surface area contributed by atoms with Gasteiger partial charge in [-0.3, -0.25) is 19.8 Å². The first-order valence-electron chi connectivity index (χ1n) is 5.88. The van der Waals surface area contributed by atoms with Crippen molar-refractivity contribution < 1.29 is 14.8 Å². The third-order valence-electron chi connectivity index (χ3n) is 2.76. The number of nitro groups is 1. The first-order chi connectivity index (χ1) is 10.3. The lowest BCUT2D eigenvalue weighted by Gasteiger charge is -2.10. The highest BCUT2D eigenvalue weighted by atomic mass is 79.9. The summed E-state index contributed by atoms with van der Waals surface area (Å²) in [6.07, 6.45) is 2.94. The van der Waals surface area contributed by atoms with Gasteiger partial charge in [-0.2, -0.15) is 0 Å². The summed E-state index contributed by atoms with van der Waals surface area (Å²) < 4.78 is 0.551. The monoisotopic (exact) mass is 400 g/mol. The van der Waals surface area contributed by atoms with Gasteiger partial charge in [0.05, 0.1) is 14.3 Å². The fourth-order valence-electron chi connectivity index (χ4n) is 1.75. The van der Waals surface area contributed by atoms with Crippen LogP contribution in [0.1, 0.15) is 5.56 Å². The van der Waals surface area contributed by atoms with Crippen LogP contribution < -0.4 is 0 Å². The minimum absolute atomic E-state index is 0.167. The van der Waals surface area contributed by atoms with Crippen LogP contribution in [0.25, 0.3) is 6.08 Å². The minimum Gasteiger partial charge on any atom is -0.506 e. The van der Waals surface area contributed by atoms with E-state index in [1.807, 2.05) is 0 Å². The van der Waals surface area contributed by atoms with Gasteiger partial charge in [-0.15, -0.1) is 6.58 Å². The first kappa shape index (κ1) is 16.7. The van der Waals surface area contributed by atoms with E-state index in [1.54, 1.807) is 6.08 Å². The molecule has 1 aromatic carbocycles. The number of carbonyl (C=O) groups is 1. The maximum absolute atomic E-state index is 12.2. The van der Waals surface area contributed by atoms with Crippen LogP contribution in [0.5, 0.6) is 5.75 Å². The number of carbonyl (C=O) groups excluding carboxylic acids is 1. The molecular weight excluding hydrogens is 392 g/mol. The lowest BCUT2D eigenvalue weighted by Crippen LogP contribution is -2.27. The van der Waals surface area contributed by atoms with Gasteiger partial charge in [0, 0.05) is 24.2 Å². The normalized spacial score (nSPS) is 16.4. The Hall–Kier alpha value is -1.71. The molecule has 0 aromatic heterocycles. The summed E-state index contributed by atoms with van der Waals surface area (Å²) in [5.41, 5.74) is -0.0299. The summed E-state index contributed by atoms with van der Waals surface area (Å²) in [5.74, 6) is -0.503. The molecule has 0 atom stereocenters. The van der Waals surface area contributed by atoms with Gasteiger partial charge in [-0.25, -0.2) is 0 Å². The number of nitro benzene ring substituents is 1. The van der Waals surface area contributed by atoms with Gasteiger partial charge in [0.1, 0.15) is 10.1 Å². The number of non-ortho nitro benzene ring substituents is 1. The Bertz CT molecular complexity index is 733. The van der Waals surface area contributed by atoms with E-state index in [0.29, 0.717) is 4.32 Å². The van der Waals surface area contributed by atoms with Crippen molar-refractivity contribution in [3.63, 3.8) is 0 Å². The molecule has 1 fully saturated rings. The van der Waals surface area contributed by atoms with Crippen LogP contribution in [0, 0.1) is 10.1 Å². The molecule has 1 saturated heterocycles. The van der Waals surface area contributed by atoms with Crippen molar-refractivity contribution >= 4 is 61.9 Å². The zero-order chi connectivity index (χ0) is 16.4. The highest BCUT2D eigenvalue weighted by Gasteiger charge is 2.31. The van der Waals surface area contributed by atoms with Crippen LogP contribution in [0.15, 0.2) is 34.2 Å². The quantitative estimate of drug-likeness (QED) is 0.274. The second kappa shape index (κ2) is 6.59. The van der Waals surface area contributed by atoms with Crippen molar-refractivity contribution in [2.75, 3.05) is 6.54 Å². The Morgan fingerprint density at radius 3 is 2.82 bits per heavy atom. The van der Waals surface area contributed by atoms with Crippen molar-refractivity contribution in [3.8, 4) is 5.75 Å². The van der Waals surface area contributed by atoms with Crippen molar-refractivity contribution in [3.05, 3.63) is 49.8 Å². The lowest BCUT2D eigenvalue weighted by atomic mass is 10.1. The molecule has 6 nitrogen and oxygen atoms in total. The zero-order valence-corrected chi connectivity index (χ0v) is 14.2. The van der Waals surface area contributed by atoms with E-state index < -0.39 is 4.92 Å². The molecule has 1 amide bonds. The second-order valence-electron chi connectivity index (χ2n) is 4.20. The smallest absolute Gasteiger partial charge is 0.271 e. The van der Waals surface area contributed by atoms with Crippen LogP contribution in [-0.2, 0) is 4.79 Å². The molecule has 1 aliphatic heterocycles. The summed E-state index contributed by atoms with van der Waals surface area (Å²) in [7, 11) is 0. The Morgan fingerprint density at radius 2 is 2.23 bits per heavy atom. The molecule has 1 N–H and O–H groups in total. The number of phenolic OH excluding ortho intramolecular Hbond substituents is 1. The molecule has 1 aromatic rings. The van der Waals surface area contributed by atoms with Gasteiger partial charge in [-0.05, 0) is 22.0 Å². The average Bonchev–Trinajstić information content (AvgIpc) is 2.71. The Kier molecular flexibility index (Phi) is 4.99. The van der Waals surface area contributed by atoms with Crippen molar-refractivity contribution in [2.24, 2.45) is 0 Å². The van der Waals surface area contributed by atoms with Crippen LogP contribution in [-0.4, -0.2) is 31.7 Å². The number of thiocarbonyl (C=S) groups is 1. The molecular formula is C13H9BrN2O4S2. The number of benzene rings is 1. The third-order valence-corrected chi connectivity index (χ3v) is 4.74. The largest absolute Gasteiger partial charge is 0.506 e. The highest BCUT2D eigenvalue weighted by molar-refractivity contribution is 9.10. The maximum atomic E-state index is 12.2. The standard InChI is InChI=1S/C13H9BrN2O4S2/c1-2-3-15-12(18)10(22-13(15)21)5-7-4-8(16(19)20)6-9(14)11(7)17/h2,4-6,17H,1,3H2. The molecule has 0 bridgehead atoms. The van der Waals surface area contributed by atoms with E-state index >= 15 is 0 Å². The number of halogens is 1. The summed E-state index contributed by atoms with van der Waals surface area (Å²) >= 11 is 9.23. The average molecular weight is 401 g/mol. The van der Waals surface area contributed by atoms with Gasteiger partial charge >= 0.3 is 0 Å². The highest BCUT2D eigenvalue weighted by Crippen LogP contribution is 2.38. The van der Waals surface area contributed by atoms with E-state index in [1.165, 1.54) is 23.1 Å². The lowest BCUT2D eigenvalue weighted by molar-refractivity contribution is -0.385. The molecule has 0 radical (unpaired) electrons. The van der Waals surface area contributed by atoms with Crippen molar-refractivity contribution in [2.45, 2.75) is 0 Å². The summed E-state index contributed by atoms with van der Waals surface area (Å²) in [4.78, 5) is 24.1. The number of nitrogens with zero attached hydrogens (tertiary/aromatic N) is 2. The van der Waals surface area contributed by atoms with Gasteiger partial charge in [0.25, 0.3) is 11.6 Å². The summed E-state index contributed by atoms with van der Waals surface area (Å²) in [6, 6.07) is 2.38. The van der Waals surface area contributed by atoms with E-state index in [0.717, 1.165) is 11.8 Å². The van der Waals surface area contributed by atoms with Gasteiger partial charge in [0.15, 0.2) is 0 Å². The van der Waals surface area contributed by atoms with Crippen LogP contribution in [0.2, 0.25) is 0 Å². The van der Waals surface area contributed by atoms with E-state index in [2.05, 4.69) is 22.5 Å². The summed E-state index contributed by atoms with van der Waals surface area (Å²) in [5, 5.41) is 20.9. The zero-order valence-electron chi connectivity index (χ0n) is 11.0. The number of rotatable bonds is 4. The number of thioether (sulfide) groups is 1. The fraction of sp³-hybridized carbons (Fsp3) is 0.0769. The molecule has 22 heavy (non-hydrogen) atoms. The molecule has 2 rings (SSSR count). The maximum Gasteiger partial charge on any atom is 0.271 e. The number of phenols is 1. The van der Waals surface area contributed by atoms with Crippen molar-refractivity contribution in [1.82, 2.24) is 4.90 Å². The van der Waals surface area contributed by atoms with E-state index in [-0.39, 0.29) is 38.8 Å². The Labute approximate surface area is 143 Å². The first-order valence-corrected chi connectivity index (χ1v) is 7.90. The van der Waals surface area contributed by atoms with Crippen molar-refractivity contribution in [1.29, 1.82) is 0 Å². The topological polar surface area (TPSA) is 83.7 Å². The van der Waals surface area contributed by atoms with Gasteiger partial charge in [-0.1, -0.05) is 30.1 Å². The third kappa shape index (κ3) is 3.21. The molecule has 0 saturated carbocycles. The van der Waals surface area contributed by atoms with E-state index in [4.69, 9.17) is 12.2 Å². The molecule has 0 spiro atoms. The Morgan fingerprint density at radius 1 is 1.55 bits per heavy atom.